The first kappa shape index (κ1) is 12.4. The molecule has 0 saturated carbocycles. The summed E-state index contributed by atoms with van der Waals surface area (Å²) in [6, 6.07) is 0. The van der Waals surface area contributed by atoms with Crippen LogP contribution in [0.3, 0.4) is 0 Å². The number of nitrogens with zero attached hydrogens (tertiary/aromatic N) is 2. The highest BCUT2D eigenvalue weighted by atomic mass is 19.4. The van der Waals surface area contributed by atoms with E-state index in [2.05, 4.69) is 10.2 Å². The van der Waals surface area contributed by atoms with Crippen molar-refractivity contribution >= 4 is 17.6 Å². The van der Waals surface area contributed by atoms with Crippen LogP contribution in [0.15, 0.2) is 6.20 Å². The first-order valence-corrected chi connectivity index (χ1v) is 4.94. The van der Waals surface area contributed by atoms with E-state index in [0.717, 1.165) is 6.20 Å². The monoisotopic (exact) mass is 263 g/mol. The molecule has 2 heterocycles. The predicted molar refractivity (Wildman–Crippen MR) is 51.8 cm³/mol. The van der Waals surface area contributed by atoms with Crippen LogP contribution in [0, 0.1) is 5.92 Å². The van der Waals surface area contributed by atoms with Crippen molar-refractivity contribution in [2.75, 3.05) is 11.4 Å². The molecule has 1 amide bonds. The smallest absolute Gasteiger partial charge is 0.471 e. The minimum Gasteiger partial charge on any atom is -0.481 e. The van der Waals surface area contributed by atoms with E-state index in [4.69, 9.17) is 5.11 Å². The Balaban J connectivity index is 2.36. The number of alkyl halides is 3. The zero-order valence-electron chi connectivity index (χ0n) is 8.86. The van der Waals surface area contributed by atoms with Crippen molar-refractivity contribution in [2.24, 2.45) is 5.92 Å². The molecule has 1 aliphatic heterocycles. The number of amides is 1. The third-order valence-electron chi connectivity index (χ3n) is 2.68. The standard InChI is InChI=1S/C9H8F3N3O3/c10-9(11,12)8(18)15-3-4(7(16)17)1-5-6(15)2-13-14-5/h2,4H,1,3H2,(H,13,14)(H,16,17). The number of H-pyrrole nitrogens is 1. The fraction of sp³-hybridized carbons (Fsp3) is 0.444. The Labute approximate surface area is 98.4 Å². The molecule has 1 aromatic rings. The number of carbonyl (C=O) groups excluding carboxylic acids is 1. The number of aliphatic carboxylic acids is 1. The largest absolute Gasteiger partial charge is 0.481 e. The molecular formula is C9H8F3N3O3. The quantitative estimate of drug-likeness (QED) is 0.775. The van der Waals surface area contributed by atoms with Crippen LogP contribution in [-0.4, -0.2) is 39.9 Å². The van der Waals surface area contributed by atoms with Crippen molar-refractivity contribution in [1.82, 2.24) is 10.2 Å². The lowest BCUT2D eigenvalue weighted by molar-refractivity contribution is -0.170. The Morgan fingerprint density at radius 1 is 1.50 bits per heavy atom. The molecular weight excluding hydrogens is 255 g/mol. The molecule has 1 atom stereocenters. The lowest BCUT2D eigenvalue weighted by Gasteiger charge is -2.30. The SMILES string of the molecule is O=C(O)C1Cc2[nH]ncc2N(C(=O)C(F)(F)F)C1. The molecule has 6 nitrogen and oxygen atoms in total. The molecule has 0 aliphatic carbocycles. The van der Waals surface area contributed by atoms with Gasteiger partial charge >= 0.3 is 18.1 Å². The number of hydrogen-bond donors (Lipinski definition) is 2. The molecule has 0 spiro atoms. The van der Waals surface area contributed by atoms with Gasteiger partial charge in [0.2, 0.25) is 0 Å². The van der Waals surface area contributed by atoms with Crippen molar-refractivity contribution in [3.05, 3.63) is 11.9 Å². The maximum atomic E-state index is 12.4. The number of nitrogens with one attached hydrogen (secondary N) is 1. The maximum Gasteiger partial charge on any atom is 0.471 e. The van der Waals surface area contributed by atoms with Gasteiger partial charge in [-0.1, -0.05) is 0 Å². The normalized spacial score (nSPS) is 19.5. The zero-order chi connectivity index (χ0) is 13.5. The van der Waals surface area contributed by atoms with Crippen LogP contribution < -0.4 is 4.90 Å². The highest BCUT2D eigenvalue weighted by molar-refractivity contribution is 5.98. The molecule has 0 radical (unpaired) electrons. The van der Waals surface area contributed by atoms with Crippen LogP contribution in [-0.2, 0) is 16.0 Å². The maximum absolute atomic E-state index is 12.4. The van der Waals surface area contributed by atoms with Gasteiger partial charge in [-0.25, -0.2) is 0 Å². The molecule has 0 fully saturated rings. The van der Waals surface area contributed by atoms with Gasteiger partial charge in [-0.3, -0.25) is 14.7 Å². The summed E-state index contributed by atoms with van der Waals surface area (Å²) in [4.78, 5) is 22.5. The summed E-state index contributed by atoms with van der Waals surface area (Å²) in [5.41, 5.74) is 0.195. The van der Waals surface area contributed by atoms with E-state index in [0.29, 0.717) is 4.90 Å². The third kappa shape index (κ3) is 2.03. The number of anilines is 1. The molecule has 0 saturated heterocycles. The van der Waals surface area contributed by atoms with Crippen molar-refractivity contribution in [1.29, 1.82) is 0 Å². The average Bonchev–Trinajstić information content (AvgIpc) is 2.73. The summed E-state index contributed by atoms with van der Waals surface area (Å²) in [5, 5.41) is 14.8. The number of carboxylic acids is 1. The summed E-state index contributed by atoms with van der Waals surface area (Å²) in [7, 11) is 0. The minimum atomic E-state index is -5.05. The Kier molecular flexibility index (Phi) is 2.76. The predicted octanol–water partition coefficient (Wildman–Crippen LogP) is 0.562. The summed E-state index contributed by atoms with van der Waals surface area (Å²) >= 11 is 0. The van der Waals surface area contributed by atoms with Crippen LogP contribution in [0.25, 0.3) is 0 Å². The number of carboxylic acid groups (broad SMARTS) is 1. The van der Waals surface area contributed by atoms with Gasteiger partial charge in [-0.2, -0.15) is 18.3 Å². The number of hydrogen-bond acceptors (Lipinski definition) is 3. The zero-order valence-corrected chi connectivity index (χ0v) is 8.86. The third-order valence-corrected chi connectivity index (χ3v) is 2.68. The summed E-state index contributed by atoms with van der Waals surface area (Å²) < 4.78 is 37.2. The highest BCUT2D eigenvalue weighted by Gasteiger charge is 2.46. The molecule has 0 aromatic carbocycles. The van der Waals surface area contributed by atoms with Gasteiger partial charge in [0.05, 0.1) is 23.5 Å². The van der Waals surface area contributed by atoms with Gasteiger partial charge in [0.1, 0.15) is 0 Å². The number of rotatable bonds is 1. The average molecular weight is 263 g/mol. The van der Waals surface area contributed by atoms with E-state index in [1.807, 2.05) is 0 Å². The number of aromatic nitrogens is 2. The Hall–Kier alpha value is -2.06. The van der Waals surface area contributed by atoms with Crippen LogP contribution in [0.2, 0.25) is 0 Å². The lowest BCUT2D eigenvalue weighted by Crippen LogP contribution is -2.47. The molecule has 0 bridgehead atoms. The number of fused-ring (bicyclic) bond motifs is 1. The topological polar surface area (TPSA) is 86.3 Å². The number of carbonyl (C=O) groups is 2. The first-order valence-electron chi connectivity index (χ1n) is 4.94. The Morgan fingerprint density at radius 3 is 2.72 bits per heavy atom. The molecule has 2 rings (SSSR count). The van der Waals surface area contributed by atoms with Gasteiger partial charge < -0.3 is 10.0 Å². The van der Waals surface area contributed by atoms with Crippen LogP contribution in [0.1, 0.15) is 5.69 Å². The first-order chi connectivity index (χ1) is 8.30. The van der Waals surface area contributed by atoms with Gasteiger partial charge in [-0.15, -0.1) is 0 Å². The van der Waals surface area contributed by atoms with Crippen LogP contribution >= 0.6 is 0 Å². The molecule has 9 heteroatoms. The van der Waals surface area contributed by atoms with Gasteiger partial charge in [0.25, 0.3) is 0 Å². The Morgan fingerprint density at radius 2 is 2.17 bits per heavy atom. The van der Waals surface area contributed by atoms with E-state index >= 15 is 0 Å². The van der Waals surface area contributed by atoms with Gasteiger partial charge in [0, 0.05) is 13.0 Å². The molecule has 1 aliphatic rings. The number of halogens is 3. The van der Waals surface area contributed by atoms with Crippen molar-refractivity contribution in [2.45, 2.75) is 12.6 Å². The summed E-state index contributed by atoms with van der Waals surface area (Å²) in [5.74, 6) is -4.42. The van der Waals surface area contributed by atoms with E-state index in [1.54, 1.807) is 0 Å². The molecule has 2 N–H and O–H groups in total. The second-order valence-corrected chi connectivity index (χ2v) is 3.89. The van der Waals surface area contributed by atoms with Crippen molar-refractivity contribution in [3.8, 4) is 0 Å². The molecule has 18 heavy (non-hydrogen) atoms. The van der Waals surface area contributed by atoms with Crippen LogP contribution in [0.4, 0.5) is 18.9 Å². The van der Waals surface area contributed by atoms with E-state index < -0.39 is 30.5 Å². The Bertz CT molecular complexity index is 497. The molecule has 1 aromatic heterocycles. The summed E-state index contributed by atoms with van der Waals surface area (Å²) in [6.45, 7) is -0.514. The second-order valence-electron chi connectivity index (χ2n) is 3.89. The lowest BCUT2D eigenvalue weighted by atomic mass is 9.97. The van der Waals surface area contributed by atoms with E-state index in [-0.39, 0.29) is 17.8 Å². The van der Waals surface area contributed by atoms with Gasteiger partial charge in [-0.05, 0) is 0 Å². The van der Waals surface area contributed by atoms with Crippen LogP contribution in [0.5, 0.6) is 0 Å². The van der Waals surface area contributed by atoms with Crippen molar-refractivity contribution < 1.29 is 27.9 Å². The minimum absolute atomic E-state index is 0.0187. The van der Waals surface area contributed by atoms with Gasteiger partial charge in [0.15, 0.2) is 0 Å². The van der Waals surface area contributed by atoms with E-state index in [1.165, 1.54) is 0 Å². The fourth-order valence-corrected chi connectivity index (χ4v) is 1.83. The fourth-order valence-electron chi connectivity index (χ4n) is 1.83. The van der Waals surface area contributed by atoms with E-state index in [9.17, 15) is 22.8 Å². The van der Waals surface area contributed by atoms with Crippen molar-refractivity contribution in [3.63, 3.8) is 0 Å². The molecule has 98 valence electrons. The number of aromatic amines is 1. The highest BCUT2D eigenvalue weighted by Crippen LogP contribution is 2.31. The molecule has 1 unspecified atom stereocenters. The second kappa shape index (κ2) is 4.00. The summed E-state index contributed by atoms with van der Waals surface area (Å²) in [6.07, 6.45) is -3.95.